The van der Waals surface area contributed by atoms with Crippen LogP contribution in [0.15, 0.2) is 36.5 Å². The molecule has 0 N–H and O–H groups in total. The summed E-state index contributed by atoms with van der Waals surface area (Å²) in [7, 11) is 0. The Morgan fingerprint density at radius 2 is 0.581 bits per heavy atom. The molecule has 0 aromatic rings. The lowest BCUT2D eigenvalue weighted by molar-refractivity contribution is -0.167. The summed E-state index contributed by atoms with van der Waals surface area (Å²) >= 11 is 0. The van der Waals surface area contributed by atoms with Crippen LogP contribution in [-0.2, 0) is 28.6 Å². The molecule has 0 heterocycles. The first-order valence-electron chi connectivity index (χ1n) is 27.0. The van der Waals surface area contributed by atoms with Gasteiger partial charge < -0.3 is 14.2 Å². The summed E-state index contributed by atoms with van der Waals surface area (Å²) in [5.74, 6) is -0.884. The Morgan fingerprint density at radius 3 is 0.935 bits per heavy atom. The Bertz CT molecular complexity index is 1050. The van der Waals surface area contributed by atoms with Gasteiger partial charge in [-0.1, -0.05) is 224 Å². The lowest BCUT2D eigenvalue weighted by Gasteiger charge is -2.18. The molecule has 1 atom stereocenters. The molecule has 1 unspecified atom stereocenters. The van der Waals surface area contributed by atoms with E-state index < -0.39 is 6.10 Å². The van der Waals surface area contributed by atoms with Gasteiger partial charge in [-0.25, -0.2) is 0 Å². The molecule has 0 bridgehead atoms. The van der Waals surface area contributed by atoms with Crippen LogP contribution in [0.4, 0.5) is 0 Å². The van der Waals surface area contributed by atoms with Gasteiger partial charge in [0.05, 0.1) is 0 Å². The van der Waals surface area contributed by atoms with Crippen LogP contribution in [0.1, 0.15) is 284 Å². The highest BCUT2D eigenvalue weighted by molar-refractivity contribution is 5.71. The third-order valence-electron chi connectivity index (χ3n) is 11.9. The molecule has 0 radical (unpaired) electrons. The molecule has 0 saturated carbocycles. The quantitative estimate of drug-likeness (QED) is 0.0262. The van der Waals surface area contributed by atoms with E-state index in [1.807, 2.05) is 0 Å². The van der Waals surface area contributed by atoms with Crippen molar-refractivity contribution in [1.29, 1.82) is 0 Å². The van der Waals surface area contributed by atoms with Crippen LogP contribution in [-0.4, -0.2) is 37.2 Å². The number of esters is 3. The zero-order chi connectivity index (χ0) is 45.1. The zero-order valence-electron chi connectivity index (χ0n) is 41.4. The molecule has 0 aromatic carbocycles. The number of ether oxygens (including phenoxy) is 3. The first-order chi connectivity index (χ1) is 30.5. The minimum absolute atomic E-state index is 0.0764. The summed E-state index contributed by atoms with van der Waals surface area (Å²) in [6.45, 7) is 6.61. The maximum Gasteiger partial charge on any atom is 0.306 e. The third-order valence-corrected chi connectivity index (χ3v) is 11.9. The summed E-state index contributed by atoms with van der Waals surface area (Å²) in [5.41, 5.74) is 0. The van der Waals surface area contributed by atoms with E-state index >= 15 is 0 Å². The van der Waals surface area contributed by atoms with E-state index in [1.165, 1.54) is 161 Å². The molecule has 362 valence electrons. The van der Waals surface area contributed by atoms with Crippen molar-refractivity contribution in [2.24, 2.45) is 0 Å². The summed E-state index contributed by atoms with van der Waals surface area (Å²) in [5, 5.41) is 0. The van der Waals surface area contributed by atoms with Gasteiger partial charge in [-0.3, -0.25) is 14.4 Å². The van der Waals surface area contributed by atoms with Gasteiger partial charge in [-0.05, 0) is 77.0 Å². The molecule has 6 nitrogen and oxygen atoms in total. The van der Waals surface area contributed by atoms with Gasteiger partial charge >= 0.3 is 17.9 Å². The molecule has 0 rings (SSSR count). The van der Waals surface area contributed by atoms with Gasteiger partial charge in [0, 0.05) is 19.3 Å². The van der Waals surface area contributed by atoms with Crippen molar-refractivity contribution in [3.63, 3.8) is 0 Å². The summed E-state index contributed by atoms with van der Waals surface area (Å²) in [4.78, 5) is 38.0. The summed E-state index contributed by atoms with van der Waals surface area (Å²) < 4.78 is 16.8. The van der Waals surface area contributed by atoms with Crippen LogP contribution in [0.3, 0.4) is 0 Å². The first kappa shape index (κ1) is 59.6. The summed E-state index contributed by atoms with van der Waals surface area (Å²) in [6, 6.07) is 0. The second kappa shape index (κ2) is 51.3. The van der Waals surface area contributed by atoms with Crippen molar-refractivity contribution in [1.82, 2.24) is 0 Å². The van der Waals surface area contributed by atoms with E-state index in [0.29, 0.717) is 19.3 Å². The minimum Gasteiger partial charge on any atom is -0.462 e. The Labute approximate surface area is 385 Å². The molecule has 0 spiro atoms. The first-order valence-corrected chi connectivity index (χ1v) is 27.0. The second-order valence-corrected chi connectivity index (χ2v) is 18.1. The number of allylic oxidation sites excluding steroid dienone is 6. The van der Waals surface area contributed by atoms with E-state index in [1.54, 1.807) is 0 Å². The molecular weight excluding hydrogens is 769 g/mol. The number of rotatable bonds is 49. The van der Waals surface area contributed by atoms with Crippen LogP contribution < -0.4 is 0 Å². The van der Waals surface area contributed by atoms with Gasteiger partial charge in [0.1, 0.15) is 13.2 Å². The average molecular weight is 871 g/mol. The lowest BCUT2D eigenvalue weighted by atomic mass is 10.1. The maximum absolute atomic E-state index is 12.8. The number of carbonyl (C=O) groups is 3. The molecule has 6 heteroatoms. The number of hydrogen-bond donors (Lipinski definition) is 0. The minimum atomic E-state index is -0.777. The number of hydrogen-bond acceptors (Lipinski definition) is 6. The fourth-order valence-electron chi connectivity index (χ4n) is 7.76. The topological polar surface area (TPSA) is 78.9 Å². The largest absolute Gasteiger partial charge is 0.462 e. The van der Waals surface area contributed by atoms with Crippen molar-refractivity contribution < 1.29 is 28.6 Å². The van der Waals surface area contributed by atoms with Crippen LogP contribution in [0.25, 0.3) is 0 Å². The van der Waals surface area contributed by atoms with Crippen LogP contribution in [0, 0.1) is 0 Å². The monoisotopic (exact) mass is 871 g/mol. The Morgan fingerprint density at radius 1 is 0.323 bits per heavy atom. The van der Waals surface area contributed by atoms with Gasteiger partial charge in [0.25, 0.3) is 0 Å². The van der Waals surface area contributed by atoms with Gasteiger partial charge in [0.15, 0.2) is 6.10 Å². The Kier molecular flexibility index (Phi) is 49.3. The molecule has 0 aliphatic rings. The van der Waals surface area contributed by atoms with Crippen LogP contribution >= 0.6 is 0 Å². The molecule has 0 aliphatic heterocycles. The van der Waals surface area contributed by atoms with Crippen LogP contribution in [0.5, 0.6) is 0 Å². The highest BCUT2D eigenvalue weighted by Gasteiger charge is 2.19. The maximum atomic E-state index is 12.8. The summed E-state index contributed by atoms with van der Waals surface area (Å²) in [6.07, 6.45) is 59.8. The van der Waals surface area contributed by atoms with Crippen molar-refractivity contribution in [2.75, 3.05) is 13.2 Å². The number of carbonyl (C=O) groups excluding carboxylic acids is 3. The van der Waals surface area contributed by atoms with E-state index in [2.05, 4.69) is 57.2 Å². The predicted octanol–water partition coefficient (Wildman–Crippen LogP) is 17.7. The highest BCUT2D eigenvalue weighted by atomic mass is 16.6. The van der Waals surface area contributed by atoms with E-state index in [-0.39, 0.29) is 31.1 Å². The van der Waals surface area contributed by atoms with Gasteiger partial charge in [-0.2, -0.15) is 0 Å². The molecule has 0 aromatic heterocycles. The van der Waals surface area contributed by atoms with E-state index in [9.17, 15) is 14.4 Å². The fourth-order valence-corrected chi connectivity index (χ4v) is 7.76. The van der Waals surface area contributed by atoms with E-state index in [4.69, 9.17) is 14.2 Å². The van der Waals surface area contributed by atoms with Gasteiger partial charge in [-0.15, -0.1) is 0 Å². The zero-order valence-corrected chi connectivity index (χ0v) is 41.4. The fraction of sp³-hybridized carbons (Fsp3) is 0.839. The van der Waals surface area contributed by atoms with Crippen molar-refractivity contribution in [3.05, 3.63) is 36.5 Å². The molecule has 62 heavy (non-hydrogen) atoms. The van der Waals surface area contributed by atoms with Crippen molar-refractivity contribution >= 4 is 17.9 Å². The van der Waals surface area contributed by atoms with Crippen LogP contribution in [0.2, 0.25) is 0 Å². The molecule has 0 fully saturated rings. The van der Waals surface area contributed by atoms with E-state index in [0.717, 1.165) is 83.5 Å². The number of unbranched alkanes of at least 4 members (excludes halogenated alkanes) is 32. The SMILES string of the molecule is CCCCC/C=C\C/C=C\CCCCCCCC(=O)OC(COC(=O)CCCCCCCCC/C=C\CCCCCCCCC)COC(=O)CCCCCCCCCCCCC. The lowest BCUT2D eigenvalue weighted by Crippen LogP contribution is -2.30. The van der Waals surface area contributed by atoms with Crippen molar-refractivity contribution in [3.8, 4) is 0 Å². The Balaban J connectivity index is 4.34. The smallest absolute Gasteiger partial charge is 0.306 e. The highest BCUT2D eigenvalue weighted by Crippen LogP contribution is 2.15. The predicted molar refractivity (Wildman–Crippen MR) is 266 cm³/mol. The second-order valence-electron chi connectivity index (χ2n) is 18.1. The average Bonchev–Trinajstić information content (AvgIpc) is 3.27. The molecule has 0 saturated heterocycles. The Hall–Kier alpha value is -2.37. The third kappa shape index (κ3) is 48.7. The van der Waals surface area contributed by atoms with Gasteiger partial charge in [0.2, 0.25) is 0 Å². The molecule has 0 amide bonds. The molecular formula is C56H102O6. The molecule has 0 aliphatic carbocycles. The normalized spacial score (nSPS) is 12.2. The standard InChI is InChI=1S/C56H102O6/c1-4-7-10-13-16-19-22-24-26-27-28-30-31-34-37-40-43-46-49-55(58)61-52-53(51-60-54(57)48-45-42-39-36-33-21-18-15-12-9-6-3)62-56(59)50-47-44-41-38-35-32-29-25-23-20-17-14-11-8-5-2/h17,20,25-27,29,53H,4-16,18-19,21-24,28,30-52H2,1-3H3/b20-17-,27-26-,29-25-. The van der Waals surface area contributed by atoms with Crippen molar-refractivity contribution in [2.45, 2.75) is 290 Å².